The summed E-state index contributed by atoms with van der Waals surface area (Å²) >= 11 is 0. The van der Waals surface area contributed by atoms with Crippen LogP contribution in [-0.4, -0.2) is 5.91 Å². The standard InChI is InChI=1S/C9H11N3O/c10-7-4-2-1-3-6(7)5-8(11)9(12)13/h1-5H,10-11H2,(H2,12,13)/b8-5-. The number of carbonyl (C=O) groups excluding carboxylic acids is 1. The number of nitrogens with two attached hydrogens (primary N) is 3. The first-order chi connectivity index (χ1) is 6.11. The van der Waals surface area contributed by atoms with Gasteiger partial charge in [-0.15, -0.1) is 0 Å². The Kier molecular flexibility index (Phi) is 2.54. The minimum atomic E-state index is -0.650. The number of nitrogen functional groups attached to an aromatic ring is 1. The van der Waals surface area contributed by atoms with E-state index in [0.717, 1.165) is 0 Å². The average Bonchev–Trinajstić information content (AvgIpc) is 2.08. The molecule has 0 unspecified atom stereocenters. The first-order valence-electron chi connectivity index (χ1n) is 3.72. The van der Waals surface area contributed by atoms with Crippen molar-refractivity contribution in [1.82, 2.24) is 0 Å². The van der Waals surface area contributed by atoms with Crippen molar-refractivity contribution in [3.8, 4) is 0 Å². The van der Waals surface area contributed by atoms with Gasteiger partial charge in [0.15, 0.2) is 0 Å². The maximum absolute atomic E-state index is 10.6. The summed E-state index contributed by atoms with van der Waals surface area (Å²) in [7, 11) is 0. The molecule has 1 aromatic rings. The lowest BCUT2D eigenvalue weighted by Gasteiger charge is -1.99. The molecule has 0 fully saturated rings. The van der Waals surface area contributed by atoms with Crippen molar-refractivity contribution in [1.29, 1.82) is 0 Å². The zero-order chi connectivity index (χ0) is 9.84. The van der Waals surface area contributed by atoms with Crippen LogP contribution >= 0.6 is 0 Å². The van der Waals surface area contributed by atoms with Crippen LogP contribution in [0, 0.1) is 0 Å². The minimum absolute atomic E-state index is 0.00194. The van der Waals surface area contributed by atoms with Gasteiger partial charge in [0, 0.05) is 5.69 Å². The molecule has 0 atom stereocenters. The van der Waals surface area contributed by atoms with E-state index in [1.807, 2.05) is 0 Å². The summed E-state index contributed by atoms with van der Waals surface area (Å²) in [5.41, 5.74) is 17.2. The summed E-state index contributed by atoms with van der Waals surface area (Å²) < 4.78 is 0. The Morgan fingerprint density at radius 1 is 1.23 bits per heavy atom. The molecular formula is C9H11N3O. The molecule has 0 aliphatic carbocycles. The van der Waals surface area contributed by atoms with Gasteiger partial charge in [-0.3, -0.25) is 4.79 Å². The molecule has 0 spiro atoms. The van der Waals surface area contributed by atoms with Gasteiger partial charge in [-0.25, -0.2) is 0 Å². The first-order valence-corrected chi connectivity index (χ1v) is 3.72. The molecule has 0 bridgehead atoms. The van der Waals surface area contributed by atoms with Gasteiger partial charge in [-0.1, -0.05) is 18.2 Å². The third kappa shape index (κ3) is 2.23. The van der Waals surface area contributed by atoms with Crippen LogP contribution in [0.2, 0.25) is 0 Å². The van der Waals surface area contributed by atoms with Crippen LogP contribution in [0.3, 0.4) is 0 Å². The number of hydrogen-bond donors (Lipinski definition) is 3. The van der Waals surface area contributed by atoms with Crippen LogP contribution in [0.4, 0.5) is 5.69 Å². The normalized spacial score (nSPS) is 11.2. The van der Waals surface area contributed by atoms with Gasteiger partial charge in [0.1, 0.15) is 0 Å². The number of primary amides is 1. The second kappa shape index (κ2) is 3.62. The average molecular weight is 177 g/mol. The molecule has 1 aromatic carbocycles. The van der Waals surface area contributed by atoms with Gasteiger partial charge < -0.3 is 17.2 Å². The molecule has 0 aromatic heterocycles. The van der Waals surface area contributed by atoms with Crippen LogP contribution < -0.4 is 17.2 Å². The van der Waals surface area contributed by atoms with E-state index in [0.29, 0.717) is 11.3 Å². The van der Waals surface area contributed by atoms with E-state index in [2.05, 4.69) is 0 Å². The number of anilines is 1. The van der Waals surface area contributed by atoms with Crippen LogP contribution in [0.5, 0.6) is 0 Å². The fourth-order valence-electron chi connectivity index (χ4n) is 0.881. The van der Waals surface area contributed by atoms with E-state index in [1.165, 1.54) is 6.08 Å². The highest BCUT2D eigenvalue weighted by molar-refractivity contribution is 5.96. The topological polar surface area (TPSA) is 95.1 Å². The van der Waals surface area contributed by atoms with Gasteiger partial charge in [-0.2, -0.15) is 0 Å². The lowest BCUT2D eigenvalue weighted by molar-refractivity contribution is -0.114. The Morgan fingerprint density at radius 2 is 1.85 bits per heavy atom. The van der Waals surface area contributed by atoms with Gasteiger partial charge in [0.05, 0.1) is 5.70 Å². The Labute approximate surface area is 76.0 Å². The number of rotatable bonds is 2. The Balaban J connectivity index is 3.04. The summed E-state index contributed by atoms with van der Waals surface area (Å²) in [5.74, 6) is -0.650. The number of para-hydroxylation sites is 1. The van der Waals surface area contributed by atoms with Crippen LogP contribution in [0.1, 0.15) is 5.56 Å². The van der Waals surface area contributed by atoms with Crippen molar-refractivity contribution >= 4 is 17.7 Å². The highest BCUT2D eigenvalue weighted by Gasteiger charge is 1.99. The highest BCUT2D eigenvalue weighted by atomic mass is 16.1. The SMILES string of the molecule is NC(=O)/C(N)=C/c1ccccc1N. The number of amides is 1. The van der Waals surface area contributed by atoms with E-state index in [1.54, 1.807) is 24.3 Å². The van der Waals surface area contributed by atoms with Crippen LogP contribution in [0.15, 0.2) is 30.0 Å². The third-order valence-electron chi connectivity index (χ3n) is 1.59. The van der Waals surface area contributed by atoms with Crippen molar-refractivity contribution in [3.63, 3.8) is 0 Å². The second-order valence-corrected chi connectivity index (χ2v) is 2.59. The molecular weight excluding hydrogens is 166 g/mol. The molecule has 4 heteroatoms. The Bertz CT molecular complexity index is 358. The fourth-order valence-corrected chi connectivity index (χ4v) is 0.881. The van der Waals surface area contributed by atoms with E-state index >= 15 is 0 Å². The number of benzene rings is 1. The van der Waals surface area contributed by atoms with Crippen molar-refractivity contribution in [3.05, 3.63) is 35.5 Å². The van der Waals surface area contributed by atoms with Crippen molar-refractivity contribution < 1.29 is 4.79 Å². The maximum Gasteiger partial charge on any atom is 0.264 e. The third-order valence-corrected chi connectivity index (χ3v) is 1.59. The fraction of sp³-hybridized carbons (Fsp3) is 0. The Morgan fingerprint density at radius 3 is 2.38 bits per heavy atom. The molecule has 0 heterocycles. The van der Waals surface area contributed by atoms with Crippen molar-refractivity contribution in [2.45, 2.75) is 0 Å². The van der Waals surface area contributed by atoms with E-state index in [4.69, 9.17) is 17.2 Å². The van der Waals surface area contributed by atoms with Crippen LogP contribution in [-0.2, 0) is 4.79 Å². The van der Waals surface area contributed by atoms with Crippen LogP contribution in [0.25, 0.3) is 6.08 Å². The zero-order valence-electron chi connectivity index (χ0n) is 7.03. The van der Waals surface area contributed by atoms with Gasteiger partial charge >= 0.3 is 0 Å². The minimum Gasteiger partial charge on any atom is -0.398 e. The summed E-state index contributed by atoms with van der Waals surface area (Å²) in [4.78, 5) is 10.6. The molecule has 0 aliphatic heterocycles. The largest absolute Gasteiger partial charge is 0.398 e. The number of hydrogen-bond acceptors (Lipinski definition) is 3. The highest BCUT2D eigenvalue weighted by Crippen LogP contribution is 2.12. The second-order valence-electron chi connectivity index (χ2n) is 2.59. The lowest BCUT2D eigenvalue weighted by Crippen LogP contribution is -2.19. The molecule has 13 heavy (non-hydrogen) atoms. The summed E-state index contributed by atoms with van der Waals surface area (Å²) in [6.07, 6.45) is 1.46. The summed E-state index contributed by atoms with van der Waals surface area (Å²) in [5, 5.41) is 0. The zero-order valence-corrected chi connectivity index (χ0v) is 7.03. The van der Waals surface area contributed by atoms with Crippen molar-refractivity contribution in [2.75, 3.05) is 5.73 Å². The first kappa shape index (κ1) is 9.12. The molecule has 68 valence electrons. The number of carbonyl (C=O) groups is 1. The lowest BCUT2D eigenvalue weighted by atomic mass is 10.1. The predicted molar refractivity (Wildman–Crippen MR) is 52.2 cm³/mol. The van der Waals surface area contributed by atoms with E-state index < -0.39 is 5.91 Å². The van der Waals surface area contributed by atoms with Crippen molar-refractivity contribution in [2.24, 2.45) is 11.5 Å². The molecule has 1 rings (SSSR count). The molecule has 1 amide bonds. The molecule has 4 nitrogen and oxygen atoms in total. The predicted octanol–water partition coefficient (Wildman–Crippen LogP) is 0.0537. The van der Waals surface area contributed by atoms with E-state index in [-0.39, 0.29) is 5.70 Å². The molecule has 0 saturated heterocycles. The molecule has 0 saturated carbocycles. The molecule has 0 radical (unpaired) electrons. The molecule has 6 N–H and O–H groups in total. The molecule has 0 aliphatic rings. The van der Waals surface area contributed by atoms with Gasteiger partial charge in [0.2, 0.25) is 0 Å². The quantitative estimate of drug-likeness (QED) is 0.440. The Hall–Kier alpha value is -1.97. The summed E-state index contributed by atoms with van der Waals surface area (Å²) in [6.45, 7) is 0. The van der Waals surface area contributed by atoms with Gasteiger partial charge in [-0.05, 0) is 17.7 Å². The van der Waals surface area contributed by atoms with Gasteiger partial charge in [0.25, 0.3) is 5.91 Å². The summed E-state index contributed by atoms with van der Waals surface area (Å²) in [6, 6.07) is 7.08. The smallest absolute Gasteiger partial charge is 0.264 e. The van der Waals surface area contributed by atoms with E-state index in [9.17, 15) is 4.79 Å². The monoisotopic (exact) mass is 177 g/mol. The maximum atomic E-state index is 10.6.